The van der Waals surface area contributed by atoms with E-state index in [1.165, 1.54) is 0 Å². The predicted molar refractivity (Wildman–Crippen MR) is 71.1 cm³/mol. The molecule has 0 saturated heterocycles. The van der Waals surface area contributed by atoms with Crippen LogP contribution < -0.4 is 0 Å². The van der Waals surface area contributed by atoms with Gasteiger partial charge in [-0.3, -0.25) is 0 Å². The van der Waals surface area contributed by atoms with Gasteiger partial charge in [-0.15, -0.1) is 0 Å². The van der Waals surface area contributed by atoms with Crippen LogP contribution in [0.2, 0.25) is 0 Å². The summed E-state index contributed by atoms with van der Waals surface area (Å²) in [4.78, 5) is 14.3. The van der Waals surface area contributed by atoms with E-state index < -0.39 is 0 Å². The summed E-state index contributed by atoms with van der Waals surface area (Å²) in [6, 6.07) is 6.27. The molecule has 19 heavy (non-hydrogen) atoms. The Morgan fingerprint density at radius 2 is 1.89 bits per heavy atom. The van der Waals surface area contributed by atoms with E-state index in [1.807, 2.05) is 0 Å². The Morgan fingerprint density at radius 1 is 1.21 bits per heavy atom. The molecule has 6 heteroatoms. The van der Waals surface area contributed by atoms with E-state index in [2.05, 4.69) is 10.0 Å². The van der Waals surface area contributed by atoms with E-state index in [0.29, 0.717) is 17.9 Å². The van der Waals surface area contributed by atoms with Crippen molar-refractivity contribution in [3.05, 3.63) is 40.3 Å². The molecule has 1 N–H and O–H groups in total. The zero-order chi connectivity index (χ0) is 13.9. The fourth-order valence-electron chi connectivity index (χ4n) is 1.53. The first-order valence-electron chi connectivity index (χ1n) is 6.21. The van der Waals surface area contributed by atoms with Gasteiger partial charge in [-0.05, 0) is 36.9 Å². The van der Waals surface area contributed by atoms with Gasteiger partial charge in [0.25, 0.3) is 0 Å². The molecule has 0 radical (unpaired) electrons. The minimum atomic E-state index is -0.380. The molecule has 6 nitrogen and oxygen atoms in total. The standard InChI is InChI=1S/C13H17N3O3/c14-16-15-12-7-5-11(6-8-12)13(18)19-10-4-2-1-3-9-17/h5-8,17H,1-4,9-10H2. The predicted octanol–water partition coefficient (Wildman–Crippen LogP) is 3.34. The zero-order valence-corrected chi connectivity index (χ0v) is 10.7. The van der Waals surface area contributed by atoms with Gasteiger partial charge in [-0.1, -0.05) is 23.7 Å². The number of carbonyl (C=O) groups is 1. The Balaban J connectivity index is 2.31. The maximum Gasteiger partial charge on any atom is 0.338 e. The Morgan fingerprint density at radius 3 is 2.53 bits per heavy atom. The molecule has 0 aliphatic rings. The molecule has 0 aliphatic heterocycles. The van der Waals surface area contributed by atoms with Crippen molar-refractivity contribution < 1.29 is 14.6 Å². The second-order valence-corrected chi connectivity index (χ2v) is 4.01. The van der Waals surface area contributed by atoms with E-state index in [-0.39, 0.29) is 12.6 Å². The van der Waals surface area contributed by atoms with Gasteiger partial charge >= 0.3 is 5.97 Å². The van der Waals surface area contributed by atoms with E-state index >= 15 is 0 Å². The fraction of sp³-hybridized carbons (Fsp3) is 0.462. The van der Waals surface area contributed by atoms with Crippen LogP contribution in [0.1, 0.15) is 36.0 Å². The number of rotatable bonds is 8. The van der Waals surface area contributed by atoms with Crippen molar-refractivity contribution in [2.75, 3.05) is 13.2 Å². The van der Waals surface area contributed by atoms with Crippen LogP contribution in [0.5, 0.6) is 0 Å². The summed E-state index contributed by atoms with van der Waals surface area (Å²) in [5.41, 5.74) is 9.15. The SMILES string of the molecule is [N-]=[N+]=Nc1ccc(C(=O)OCCCCCCO)cc1. The normalized spacial score (nSPS) is 9.74. The smallest absolute Gasteiger partial charge is 0.338 e. The summed E-state index contributed by atoms with van der Waals surface area (Å²) in [5, 5.41) is 12.0. The third-order valence-electron chi connectivity index (χ3n) is 2.55. The van der Waals surface area contributed by atoms with Crippen LogP contribution in [0.25, 0.3) is 10.4 Å². The van der Waals surface area contributed by atoms with Crippen molar-refractivity contribution in [2.45, 2.75) is 25.7 Å². The first-order chi connectivity index (χ1) is 9.27. The van der Waals surface area contributed by atoms with Crippen molar-refractivity contribution in [1.82, 2.24) is 0 Å². The van der Waals surface area contributed by atoms with Crippen LogP contribution in [0.4, 0.5) is 5.69 Å². The second kappa shape index (κ2) is 8.97. The third kappa shape index (κ3) is 5.90. The number of ether oxygens (including phenoxy) is 1. The minimum Gasteiger partial charge on any atom is -0.462 e. The molecule has 102 valence electrons. The molecule has 1 aromatic carbocycles. The Labute approximate surface area is 111 Å². The molecule has 1 aromatic rings. The van der Waals surface area contributed by atoms with Crippen LogP contribution in [-0.4, -0.2) is 24.3 Å². The molecular formula is C13H17N3O3. The molecule has 0 bridgehead atoms. The molecule has 0 aromatic heterocycles. The van der Waals surface area contributed by atoms with E-state index in [0.717, 1.165) is 25.7 Å². The molecule has 0 fully saturated rings. The lowest BCUT2D eigenvalue weighted by Crippen LogP contribution is -2.06. The lowest BCUT2D eigenvalue weighted by molar-refractivity contribution is 0.0497. The number of carbonyl (C=O) groups excluding carboxylic acids is 1. The van der Waals surface area contributed by atoms with E-state index in [4.69, 9.17) is 15.4 Å². The highest BCUT2D eigenvalue weighted by atomic mass is 16.5. The molecule has 0 unspecified atom stereocenters. The average Bonchev–Trinajstić information content (AvgIpc) is 2.43. The number of hydrogen-bond acceptors (Lipinski definition) is 4. The van der Waals surface area contributed by atoms with Crippen molar-refractivity contribution in [1.29, 1.82) is 0 Å². The van der Waals surface area contributed by atoms with Crippen LogP contribution >= 0.6 is 0 Å². The molecule has 1 rings (SSSR count). The minimum absolute atomic E-state index is 0.206. The van der Waals surface area contributed by atoms with Crippen molar-refractivity contribution in [2.24, 2.45) is 5.11 Å². The Bertz CT molecular complexity index is 439. The van der Waals surface area contributed by atoms with Crippen LogP contribution in [-0.2, 0) is 4.74 Å². The number of hydrogen-bond donors (Lipinski definition) is 1. The molecule has 0 amide bonds. The number of aliphatic hydroxyl groups excluding tert-OH is 1. The molecular weight excluding hydrogens is 246 g/mol. The summed E-state index contributed by atoms with van der Waals surface area (Å²) in [6.45, 7) is 0.583. The van der Waals surface area contributed by atoms with E-state index in [9.17, 15) is 4.79 Å². The molecule has 0 atom stereocenters. The highest BCUT2D eigenvalue weighted by Crippen LogP contribution is 2.14. The number of azide groups is 1. The summed E-state index contributed by atoms with van der Waals surface area (Å²) in [5.74, 6) is -0.380. The van der Waals surface area contributed by atoms with Gasteiger partial charge in [-0.25, -0.2) is 4.79 Å². The van der Waals surface area contributed by atoms with Gasteiger partial charge in [0, 0.05) is 17.2 Å². The monoisotopic (exact) mass is 263 g/mol. The highest BCUT2D eigenvalue weighted by molar-refractivity contribution is 5.89. The maximum atomic E-state index is 11.6. The van der Waals surface area contributed by atoms with Gasteiger partial charge < -0.3 is 9.84 Å². The zero-order valence-electron chi connectivity index (χ0n) is 10.7. The molecule has 0 aliphatic carbocycles. The second-order valence-electron chi connectivity index (χ2n) is 4.01. The highest BCUT2D eigenvalue weighted by Gasteiger charge is 2.06. The summed E-state index contributed by atoms with van der Waals surface area (Å²) >= 11 is 0. The molecule has 0 heterocycles. The number of aliphatic hydroxyl groups is 1. The van der Waals surface area contributed by atoms with Crippen LogP contribution in [0, 0.1) is 0 Å². The van der Waals surface area contributed by atoms with Gasteiger partial charge in [0.15, 0.2) is 0 Å². The number of esters is 1. The number of unbranched alkanes of at least 4 members (excludes halogenated alkanes) is 3. The first kappa shape index (κ1) is 15.0. The Kier molecular flexibility index (Phi) is 7.09. The number of nitrogens with zero attached hydrogens (tertiary/aromatic N) is 3. The quantitative estimate of drug-likeness (QED) is 0.256. The lowest BCUT2D eigenvalue weighted by atomic mass is 10.2. The average molecular weight is 263 g/mol. The van der Waals surface area contributed by atoms with Crippen molar-refractivity contribution in [3.63, 3.8) is 0 Å². The first-order valence-corrected chi connectivity index (χ1v) is 6.21. The van der Waals surface area contributed by atoms with Gasteiger partial charge in [0.2, 0.25) is 0 Å². The maximum absolute atomic E-state index is 11.6. The lowest BCUT2D eigenvalue weighted by Gasteiger charge is -2.04. The fourth-order valence-corrected chi connectivity index (χ4v) is 1.53. The number of benzene rings is 1. The van der Waals surface area contributed by atoms with Crippen LogP contribution in [0.3, 0.4) is 0 Å². The van der Waals surface area contributed by atoms with Crippen LogP contribution in [0.15, 0.2) is 29.4 Å². The summed E-state index contributed by atoms with van der Waals surface area (Å²) < 4.78 is 5.10. The third-order valence-corrected chi connectivity index (χ3v) is 2.55. The van der Waals surface area contributed by atoms with E-state index in [1.54, 1.807) is 24.3 Å². The Hall–Kier alpha value is -2.04. The largest absolute Gasteiger partial charge is 0.462 e. The molecule has 0 spiro atoms. The van der Waals surface area contributed by atoms with Gasteiger partial charge in [0.05, 0.1) is 12.2 Å². The molecule has 0 saturated carbocycles. The van der Waals surface area contributed by atoms with Gasteiger partial charge in [-0.2, -0.15) is 0 Å². The van der Waals surface area contributed by atoms with Gasteiger partial charge in [0.1, 0.15) is 0 Å². The summed E-state index contributed by atoms with van der Waals surface area (Å²) in [6.07, 6.45) is 3.45. The van der Waals surface area contributed by atoms with Crippen molar-refractivity contribution >= 4 is 11.7 Å². The topological polar surface area (TPSA) is 95.3 Å². The summed E-state index contributed by atoms with van der Waals surface area (Å²) in [7, 11) is 0. The van der Waals surface area contributed by atoms with Crippen molar-refractivity contribution in [3.8, 4) is 0 Å².